The zero-order valence-corrected chi connectivity index (χ0v) is 9.06. The first-order chi connectivity index (χ1) is 6.79. The fourth-order valence-electron chi connectivity index (χ4n) is 1.29. The molecule has 0 saturated heterocycles. The number of rotatable bonds is 4. The van der Waals surface area contributed by atoms with Gasteiger partial charge in [-0.1, -0.05) is 13.3 Å². The van der Waals surface area contributed by atoms with Gasteiger partial charge in [-0.15, -0.1) is 11.3 Å². The Morgan fingerprint density at radius 2 is 2.50 bits per heavy atom. The van der Waals surface area contributed by atoms with Gasteiger partial charge in [0.05, 0.1) is 5.69 Å². The lowest BCUT2D eigenvalue weighted by molar-refractivity contribution is -0.117. The number of aryl methyl sites for hydroxylation is 1. The van der Waals surface area contributed by atoms with Crippen molar-refractivity contribution in [2.75, 3.05) is 5.32 Å². The van der Waals surface area contributed by atoms with Gasteiger partial charge in [0.15, 0.2) is 5.13 Å². The van der Waals surface area contributed by atoms with E-state index >= 15 is 0 Å². The van der Waals surface area contributed by atoms with Gasteiger partial charge >= 0.3 is 0 Å². The number of thiazole rings is 1. The number of aromatic nitrogens is 1. The van der Waals surface area contributed by atoms with Crippen LogP contribution in [0.15, 0.2) is 5.38 Å². The van der Waals surface area contributed by atoms with Gasteiger partial charge in [0, 0.05) is 11.3 Å². The fourth-order valence-corrected chi connectivity index (χ4v) is 2.04. The van der Waals surface area contributed by atoms with Crippen molar-refractivity contribution in [3.05, 3.63) is 11.1 Å². The quantitative estimate of drug-likeness (QED) is 0.829. The van der Waals surface area contributed by atoms with Crippen molar-refractivity contribution in [1.29, 1.82) is 0 Å². The molecule has 1 amide bonds. The van der Waals surface area contributed by atoms with E-state index in [-0.39, 0.29) is 11.8 Å². The van der Waals surface area contributed by atoms with Gasteiger partial charge in [0.1, 0.15) is 0 Å². The summed E-state index contributed by atoms with van der Waals surface area (Å²) in [7, 11) is 0. The molecular formula is C10H14N2OS. The second-order valence-electron chi connectivity index (χ2n) is 3.66. The summed E-state index contributed by atoms with van der Waals surface area (Å²) in [5, 5.41) is 5.63. The molecule has 4 heteroatoms. The van der Waals surface area contributed by atoms with E-state index in [0.717, 1.165) is 36.5 Å². The number of anilines is 1. The summed E-state index contributed by atoms with van der Waals surface area (Å²) >= 11 is 1.52. The summed E-state index contributed by atoms with van der Waals surface area (Å²) in [6.07, 6.45) is 4.17. The van der Waals surface area contributed by atoms with E-state index in [4.69, 9.17) is 0 Å². The molecule has 2 rings (SSSR count). The van der Waals surface area contributed by atoms with Crippen molar-refractivity contribution < 1.29 is 4.79 Å². The van der Waals surface area contributed by atoms with E-state index in [2.05, 4.69) is 17.2 Å². The first kappa shape index (κ1) is 9.65. The molecule has 1 saturated carbocycles. The van der Waals surface area contributed by atoms with Gasteiger partial charge in [0.25, 0.3) is 0 Å². The Bertz CT molecular complexity index is 331. The van der Waals surface area contributed by atoms with Crippen LogP contribution >= 0.6 is 11.3 Å². The molecule has 0 aliphatic heterocycles. The number of hydrogen-bond donors (Lipinski definition) is 1. The molecule has 1 aliphatic rings. The van der Waals surface area contributed by atoms with Crippen LogP contribution < -0.4 is 5.32 Å². The lowest BCUT2D eigenvalue weighted by Gasteiger charge is -1.97. The van der Waals surface area contributed by atoms with E-state index < -0.39 is 0 Å². The van der Waals surface area contributed by atoms with Crippen molar-refractivity contribution in [2.45, 2.75) is 32.6 Å². The van der Waals surface area contributed by atoms with Crippen molar-refractivity contribution >= 4 is 22.4 Å². The minimum absolute atomic E-state index is 0.141. The molecule has 0 spiro atoms. The highest BCUT2D eigenvalue weighted by Gasteiger charge is 2.29. The van der Waals surface area contributed by atoms with Crippen molar-refractivity contribution in [1.82, 2.24) is 4.98 Å². The maximum atomic E-state index is 11.4. The van der Waals surface area contributed by atoms with E-state index in [1.165, 1.54) is 11.3 Å². The van der Waals surface area contributed by atoms with Gasteiger partial charge < -0.3 is 5.32 Å². The molecule has 1 aromatic rings. The highest BCUT2D eigenvalue weighted by atomic mass is 32.1. The Kier molecular flexibility index (Phi) is 2.82. The van der Waals surface area contributed by atoms with Gasteiger partial charge in [-0.3, -0.25) is 4.79 Å². The minimum atomic E-state index is 0.141. The Morgan fingerprint density at radius 3 is 3.14 bits per heavy atom. The number of amides is 1. The second-order valence-corrected chi connectivity index (χ2v) is 4.52. The molecule has 0 unspecified atom stereocenters. The first-order valence-electron chi connectivity index (χ1n) is 5.05. The molecule has 1 aromatic heterocycles. The van der Waals surface area contributed by atoms with Crippen LogP contribution in [0.3, 0.4) is 0 Å². The molecule has 0 radical (unpaired) electrons. The Labute approximate surface area is 87.6 Å². The molecule has 14 heavy (non-hydrogen) atoms. The average molecular weight is 210 g/mol. The van der Waals surface area contributed by atoms with Crippen molar-refractivity contribution in [3.8, 4) is 0 Å². The van der Waals surface area contributed by atoms with Crippen LogP contribution in [-0.4, -0.2) is 10.9 Å². The molecule has 0 atom stereocenters. The summed E-state index contributed by atoms with van der Waals surface area (Å²) < 4.78 is 0. The summed E-state index contributed by atoms with van der Waals surface area (Å²) in [6, 6.07) is 0. The van der Waals surface area contributed by atoms with E-state index in [0.29, 0.717) is 0 Å². The molecule has 0 bridgehead atoms. The third kappa shape index (κ3) is 2.32. The van der Waals surface area contributed by atoms with Crippen molar-refractivity contribution in [2.24, 2.45) is 5.92 Å². The van der Waals surface area contributed by atoms with Gasteiger partial charge in [0.2, 0.25) is 5.91 Å². The van der Waals surface area contributed by atoms with Crippen LogP contribution in [-0.2, 0) is 11.2 Å². The average Bonchev–Trinajstić information content (AvgIpc) is 2.92. The molecule has 3 nitrogen and oxygen atoms in total. The Hall–Kier alpha value is -0.900. The minimum Gasteiger partial charge on any atom is -0.302 e. The zero-order valence-electron chi connectivity index (χ0n) is 8.25. The summed E-state index contributed by atoms with van der Waals surface area (Å²) in [5.74, 6) is 0.399. The lowest BCUT2D eigenvalue weighted by atomic mass is 10.3. The van der Waals surface area contributed by atoms with Gasteiger partial charge in [-0.05, 0) is 19.3 Å². The molecule has 1 aliphatic carbocycles. The van der Waals surface area contributed by atoms with Crippen LogP contribution in [0, 0.1) is 5.92 Å². The van der Waals surface area contributed by atoms with E-state index in [1.54, 1.807) is 0 Å². The second kappa shape index (κ2) is 4.09. The predicted octanol–water partition coefficient (Wildman–Crippen LogP) is 2.44. The first-order valence-corrected chi connectivity index (χ1v) is 5.93. The zero-order chi connectivity index (χ0) is 9.97. The van der Waals surface area contributed by atoms with Crippen LogP contribution in [0.25, 0.3) is 0 Å². The number of hydrogen-bond acceptors (Lipinski definition) is 3. The highest BCUT2D eigenvalue weighted by molar-refractivity contribution is 7.13. The number of nitrogens with one attached hydrogen (secondary N) is 1. The number of carbonyl (C=O) groups is 1. The summed E-state index contributed by atoms with van der Waals surface area (Å²) in [4.78, 5) is 15.7. The standard InChI is InChI=1S/C10H14N2OS/c1-2-3-8-6-14-10(11-8)12-9(13)7-4-5-7/h6-7H,2-5H2,1H3,(H,11,12,13). The topological polar surface area (TPSA) is 42.0 Å². The van der Waals surface area contributed by atoms with Crippen molar-refractivity contribution in [3.63, 3.8) is 0 Å². The molecule has 1 N–H and O–H groups in total. The van der Waals surface area contributed by atoms with Gasteiger partial charge in [-0.25, -0.2) is 4.98 Å². The van der Waals surface area contributed by atoms with Crippen LogP contribution in [0.2, 0.25) is 0 Å². The SMILES string of the molecule is CCCc1csc(NC(=O)C2CC2)n1. The number of nitrogens with zero attached hydrogens (tertiary/aromatic N) is 1. The summed E-state index contributed by atoms with van der Waals surface area (Å²) in [5.41, 5.74) is 1.09. The molecule has 1 heterocycles. The highest BCUT2D eigenvalue weighted by Crippen LogP contribution is 2.30. The fraction of sp³-hybridized carbons (Fsp3) is 0.600. The van der Waals surface area contributed by atoms with Gasteiger partial charge in [-0.2, -0.15) is 0 Å². The van der Waals surface area contributed by atoms with Crippen LogP contribution in [0.1, 0.15) is 31.9 Å². The lowest BCUT2D eigenvalue weighted by Crippen LogP contribution is -2.12. The monoisotopic (exact) mass is 210 g/mol. The molecule has 1 fully saturated rings. The summed E-state index contributed by atoms with van der Waals surface area (Å²) in [6.45, 7) is 2.13. The Balaban J connectivity index is 1.91. The third-order valence-electron chi connectivity index (χ3n) is 2.24. The van der Waals surface area contributed by atoms with Crippen LogP contribution in [0.4, 0.5) is 5.13 Å². The van der Waals surface area contributed by atoms with Crippen LogP contribution in [0.5, 0.6) is 0 Å². The van der Waals surface area contributed by atoms with E-state index in [9.17, 15) is 4.79 Å². The number of carbonyl (C=O) groups excluding carboxylic acids is 1. The van der Waals surface area contributed by atoms with E-state index in [1.807, 2.05) is 5.38 Å². The molecule has 0 aromatic carbocycles. The molecule has 76 valence electrons. The third-order valence-corrected chi connectivity index (χ3v) is 3.04. The largest absolute Gasteiger partial charge is 0.302 e. The predicted molar refractivity (Wildman–Crippen MR) is 57.5 cm³/mol. The molecular weight excluding hydrogens is 196 g/mol. The smallest absolute Gasteiger partial charge is 0.229 e. The maximum Gasteiger partial charge on any atom is 0.229 e. The maximum absolute atomic E-state index is 11.4. The Morgan fingerprint density at radius 1 is 1.71 bits per heavy atom. The normalized spacial score (nSPS) is 15.5.